The molecule has 0 saturated heterocycles. The number of rotatable bonds is 6. The van der Waals surface area contributed by atoms with E-state index in [9.17, 15) is 0 Å². The number of aromatic amines is 1. The summed E-state index contributed by atoms with van der Waals surface area (Å²) >= 11 is 0. The van der Waals surface area contributed by atoms with Gasteiger partial charge in [0, 0.05) is 13.1 Å². The summed E-state index contributed by atoms with van der Waals surface area (Å²) in [6, 6.07) is 6.26. The molecular weight excluding hydrogens is 222 g/mol. The third-order valence-electron chi connectivity index (χ3n) is 2.83. The van der Waals surface area contributed by atoms with Gasteiger partial charge in [-0.05, 0) is 24.6 Å². The Morgan fingerprint density at radius 1 is 1.28 bits per heavy atom. The van der Waals surface area contributed by atoms with Gasteiger partial charge in [0.15, 0.2) is 0 Å². The van der Waals surface area contributed by atoms with E-state index in [0.29, 0.717) is 0 Å². The Morgan fingerprint density at radius 2 is 2.00 bits per heavy atom. The van der Waals surface area contributed by atoms with Gasteiger partial charge in [0.05, 0.1) is 17.6 Å². The third-order valence-corrected chi connectivity index (χ3v) is 2.83. The summed E-state index contributed by atoms with van der Waals surface area (Å²) in [5.74, 6) is 0.985. The summed E-state index contributed by atoms with van der Waals surface area (Å²) in [5, 5.41) is 0. The molecule has 2 aromatic rings. The molecule has 0 spiro atoms. The van der Waals surface area contributed by atoms with Crippen molar-refractivity contribution < 1.29 is 0 Å². The second-order valence-electron chi connectivity index (χ2n) is 4.48. The third kappa shape index (κ3) is 2.87. The molecule has 0 aliphatic carbocycles. The van der Waals surface area contributed by atoms with E-state index in [2.05, 4.69) is 53.1 Å². The van der Waals surface area contributed by atoms with E-state index in [1.54, 1.807) is 0 Å². The highest BCUT2D eigenvalue weighted by Crippen LogP contribution is 2.14. The maximum atomic E-state index is 4.59. The molecule has 0 aliphatic rings. The van der Waals surface area contributed by atoms with Crippen LogP contribution in [0.4, 0.5) is 0 Å². The highest BCUT2D eigenvalue weighted by Gasteiger charge is 2.07. The fourth-order valence-electron chi connectivity index (χ4n) is 2.03. The number of benzene rings is 1. The molecule has 1 aromatic heterocycles. The summed E-state index contributed by atoms with van der Waals surface area (Å²) in [5.41, 5.74) is 3.36. The van der Waals surface area contributed by atoms with Crippen LogP contribution in [0.5, 0.6) is 0 Å². The number of aromatic nitrogens is 2. The van der Waals surface area contributed by atoms with Gasteiger partial charge in [0.25, 0.3) is 0 Å². The Kier molecular flexibility index (Phi) is 3.95. The average molecular weight is 241 g/mol. The minimum atomic E-state index is 0.783. The summed E-state index contributed by atoms with van der Waals surface area (Å²) < 4.78 is 0. The SMILES string of the molecule is C=CCN(CC=C)Cc1nc2ccc(C)cc2[nH]1. The summed E-state index contributed by atoms with van der Waals surface area (Å²) in [7, 11) is 0. The van der Waals surface area contributed by atoms with E-state index in [1.807, 2.05) is 12.2 Å². The van der Waals surface area contributed by atoms with Crippen LogP contribution in [0.1, 0.15) is 11.4 Å². The van der Waals surface area contributed by atoms with Crippen LogP contribution in [0.2, 0.25) is 0 Å². The van der Waals surface area contributed by atoms with Gasteiger partial charge in [-0.15, -0.1) is 13.2 Å². The zero-order valence-corrected chi connectivity index (χ0v) is 10.8. The second-order valence-corrected chi connectivity index (χ2v) is 4.48. The van der Waals surface area contributed by atoms with E-state index in [-0.39, 0.29) is 0 Å². The predicted octanol–water partition coefficient (Wildman–Crippen LogP) is 3.05. The fraction of sp³-hybridized carbons (Fsp3) is 0.267. The molecule has 0 aliphatic heterocycles. The van der Waals surface area contributed by atoms with Crippen LogP contribution in [-0.2, 0) is 6.54 Å². The average Bonchev–Trinajstić information content (AvgIpc) is 2.71. The Bertz CT molecular complexity index is 544. The van der Waals surface area contributed by atoms with Crippen LogP contribution in [0.25, 0.3) is 11.0 Å². The van der Waals surface area contributed by atoms with Crippen LogP contribution in [0, 0.1) is 6.92 Å². The summed E-state index contributed by atoms with van der Waals surface area (Å²) in [6.45, 7) is 12.1. The van der Waals surface area contributed by atoms with Gasteiger partial charge in [-0.3, -0.25) is 4.90 Å². The Labute approximate surface area is 108 Å². The quantitative estimate of drug-likeness (QED) is 0.788. The normalized spacial score (nSPS) is 11.0. The van der Waals surface area contributed by atoms with Crippen LogP contribution in [0.15, 0.2) is 43.5 Å². The van der Waals surface area contributed by atoms with Crippen molar-refractivity contribution in [3.05, 3.63) is 54.9 Å². The molecule has 1 heterocycles. The smallest absolute Gasteiger partial charge is 0.121 e. The molecular formula is C15H19N3. The molecule has 0 fully saturated rings. The van der Waals surface area contributed by atoms with E-state index in [0.717, 1.165) is 36.5 Å². The minimum Gasteiger partial charge on any atom is -0.341 e. The van der Waals surface area contributed by atoms with Gasteiger partial charge >= 0.3 is 0 Å². The van der Waals surface area contributed by atoms with Crippen molar-refractivity contribution in [1.82, 2.24) is 14.9 Å². The number of imidazole rings is 1. The maximum absolute atomic E-state index is 4.59. The molecule has 0 radical (unpaired) electrons. The molecule has 3 heteroatoms. The molecule has 3 nitrogen and oxygen atoms in total. The van der Waals surface area contributed by atoms with Crippen molar-refractivity contribution in [2.75, 3.05) is 13.1 Å². The first-order chi connectivity index (χ1) is 8.72. The number of aryl methyl sites for hydroxylation is 1. The number of fused-ring (bicyclic) bond motifs is 1. The highest BCUT2D eigenvalue weighted by atomic mass is 15.1. The Morgan fingerprint density at radius 3 is 2.67 bits per heavy atom. The van der Waals surface area contributed by atoms with Crippen LogP contribution < -0.4 is 0 Å². The topological polar surface area (TPSA) is 31.9 Å². The first-order valence-electron chi connectivity index (χ1n) is 6.12. The zero-order valence-electron chi connectivity index (χ0n) is 10.8. The van der Waals surface area contributed by atoms with Gasteiger partial charge in [0.2, 0.25) is 0 Å². The first kappa shape index (κ1) is 12.6. The molecule has 1 N–H and O–H groups in total. The van der Waals surface area contributed by atoms with E-state index < -0.39 is 0 Å². The summed E-state index contributed by atoms with van der Waals surface area (Å²) in [4.78, 5) is 10.2. The molecule has 0 bridgehead atoms. The number of H-pyrrole nitrogens is 1. The highest BCUT2D eigenvalue weighted by molar-refractivity contribution is 5.75. The molecule has 0 saturated carbocycles. The molecule has 0 atom stereocenters. The van der Waals surface area contributed by atoms with Crippen molar-refractivity contribution >= 4 is 11.0 Å². The molecule has 0 unspecified atom stereocenters. The van der Waals surface area contributed by atoms with Crippen molar-refractivity contribution in [3.8, 4) is 0 Å². The predicted molar refractivity (Wildman–Crippen MR) is 76.5 cm³/mol. The Balaban J connectivity index is 2.19. The van der Waals surface area contributed by atoms with Gasteiger partial charge in [-0.1, -0.05) is 18.2 Å². The molecule has 94 valence electrons. The molecule has 2 rings (SSSR count). The number of hydrogen-bond donors (Lipinski definition) is 1. The van der Waals surface area contributed by atoms with Gasteiger partial charge in [0.1, 0.15) is 5.82 Å². The lowest BCUT2D eigenvalue weighted by Crippen LogP contribution is -2.23. The van der Waals surface area contributed by atoms with Crippen LogP contribution in [-0.4, -0.2) is 28.0 Å². The molecule has 18 heavy (non-hydrogen) atoms. The van der Waals surface area contributed by atoms with E-state index in [4.69, 9.17) is 0 Å². The van der Waals surface area contributed by atoms with E-state index >= 15 is 0 Å². The standard InChI is InChI=1S/C15H19N3/c1-4-8-18(9-5-2)11-15-16-13-7-6-12(3)10-14(13)17-15/h4-7,10H,1-2,8-9,11H2,3H3,(H,16,17). The van der Waals surface area contributed by atoms with Gasteiger partial charge in [-0.2, -0.15) is 0 Å². The second kappa shape index (κ2) is 5.65. The monoisotopic (exact) mass is 241 g/mol. The maximum Gasteiger partial charge on any atom is 0.121 e. The van der Waals surface area contributed by atoms with E-state index in [1.165, 1.54) is 5.56 Å². The van der Waals surface area contributed by atoms with Crippen LogP contribution >= 0.6 is 0 Å². The van der Waals surface area contributed by atoms with Crippen molar-refractivity contribution in [2.45, 2.75) is 13.5 Å². The lowest BCUT2D eigenvalue weighted by atomic mass is 10.2. The number of nitrogens with one attached hydrogen (secondary N) is 1. The number of hydrogen-bond acceptors (Lipinski definition) is 2. The zero-order chi connectivity index (χ0) is 13.0. The van der Waals surface area contributed by atoms with Gasteiger partial charge in [-0.25, -0.2) is 4.98 Å². The van der Waals surface area contributed by atoms with Crippen molar-refractivity contribution in [1.29, 1.82) is 0 Å². The van der Waals surface area contributed by atoms with Crippen molar-refractivity contribution in [2.24, 2.45) is 0 Å². The van der Waals surface area contributed by atoms with Crippen molar-refractivity contribution in [3.63, 3.8) is 0 Å². The summed E-state index contributed by atoms with van der Waals surface area (Å²) in [6.07, 6.45) is 3.80. The van der Waals surface area contributed by atoms with Gasteiger partial charge < -0.3 is 4.98 Å². The lowest BCUT2D eigenvalue weighted by Gasteiger charge is -2.16. The molecule has 1 aromatic carbocycles. The minimum absolute atomic E-state index is 0.783. The Hall–Kier alpha value is -1.87. The largest absolute Gasteiger partial charge is 0.341 e. The number of nitrogens with zero attached hydrogens (tertiary/aromatic N) is 2. The van der Waals surface area contributed by atoms with Crippen LogP contribution in [0.3, 0.4) is 0 Å². The fourth-order valence-corrected chi connectivity index (χ4v) is 2.03. The first-order valence-corrected chi connectivity index (χ1v) is 6.12. The molecule has 0 amide bonds. The lowest BCUT2D eigenvalue weighted by molar-refractivity contribution is 0.320.